The number of aryl methyl sites for hydroxylation is 1. The van der Waals surface area contributed by atoms with E-state index < -0.39 is 26.9 Å². The monoisotopic (exact) mass is 271 g/mol. The Balaban J connectivity index is 2.35. The maximum Gasteiger partial charge on any atom is 0.155 e. The van der Waals surface area contributed by atoms with Crippen LogP contribution in [0.15, 0.2) is 18.2 Å². The molecule has 1 aliphatic heterocycles. The summed E-state index contributed by atoms with van der Waals surface area (Å²) in [5, 5.41) is -0.650. The van der Waals surface area contributed by atoms with Gasteiger partial charge in [-0.3, -0.25) is 0 Å². The second-order valence-corrected chi connectivity index (χ2v) is 7.29. The van der Waals surface area contributed by atoms with Crippen molar-refractivity contribution in [1.29, 1.82) is 0 Å². The Morgan fingerprint density at radius 3 is 2.78 bits per heavy atom. The molecule has 18 heavy (non-hydrogen) atoms. The third kappa shape index (κ3) is 2.57. The minimum absolute atomic E-state index is 0.165. The van der Waals surface area contributed by atoms with Crippen LogP contribution in [-0.2, 0) is 9.84 Å². The number of halogens is 1. The molecule has 0 saturated carbocycles. The number of benzene rings is 1. The fraction of sp³-hybridized carbons (Fsp3) is 0.538. The number of hydrogen-bond acceptors (Lipinski definition) is 3. The van der Waals surface area contributed by atoms with Crippen molar-refractivity contribution >= 4 is 9.84 Å². The van der Waals surface area contributed by atoms with E-state index >= 15 is 0 Å². The molecule has 0 radical (unpaired) electrons. The summed E-state index contributed by atoms with van der Waals surface area (Å²) in [6.45, 7) is 1.84. The standard InChI is InChI=1S/C13H18FNO2S/c1-9-5-6-11(14)10(8-9)13(15)12-4-2-3-7-18(12,16)17/h5-6,8,12-13H,2-4,7,15H2,1H3. The normalized spacial score (nSPS) is 24.7. The average molecular weight is 271 g/mol. The molecule has 2 N–H and O–H groups in total. The van der Waals surface area contributed by atoms with Crippen LogP contribution in [0.1, 0.15) is 36.4 Å². The second-order valence-electron chi connectivity index (χ2n) is 4.95. The van der Waals surface area contributed by atoms with Crippen molar-refractivity contribution in [3.63, 3.8) is 0 Å². The SMILES string of the molecule is Cc1ccc(F)c(C(N)C2CCCCS2(=O)=O)c1. The lowest BCUT2D eigenvalue weighted by Gasteiger charge is -2.28. The molecule has 1 aromatic carbocycles. The van der Waals surface area contributed by atoms with Gasteiger partial charge >= 0.3 is 0 Å². The van der Waals surface area contributed by atoms with E-state index in [0.717, 1.165) is 12.0 Å². The first-order valence-electron chi connectivity index (χ1n) is 6.15. The van der Waals surface area contributed by atoms with Gasteiger partial charge in [0.05, 0.1) is 11.0 Å². The number of hydrogen-bond donors (Lipinski definition) is 1. The lowest BCUT2D eigenvalue weighted by atomic mass is 9.98. The summed E-state index contributed by atoms with van der Waals surface area (Å²) in [7, 11) is -3.19. The maximum atomic E-state index is 13.8. The highest BCUT2D eigenvalue weighted by Crippen LogP contribution is 2.30. The van der Waals surface area contributed by atoms with Gasteiger partial charge in [-0.2, -0.15) is 0 Å². The zero-order chi connectivity index (χ0) is 13.3. The maximum absolute atomic E-state index is 13.8. The summed E-state index contributed by atoms with van der Waals surface area (Å²) < 4.78 is 37.7. The third-order valence-corrected chi connectivity index (χ3v) is 5.85. The predicted octanol–water partition coefficient (Wildman–Crippen LogP) is 2.10. The molecule has 2 rings (SSSR count). The van der Waals surface area contributed by atoms with E-state index in [1.807, 2.05) is 6.92 Å². The summed E-state index contributed by atoms with van der Waals surface area (Å²) in [5.74, 6) is -0.257. The Bertz CT molecular complexity index is 542. The summed E-state index contributed by atoms with van der Waals surface area (Å²) >= 11 is 0. The highest BCUT2D eigenvalue weighted by Gasteiger charge is 2.35. The molecule has 0 aliphatic carbocycles. The molecule has 1 saturated heterocycles. The molecule has 0 aromatic heterocycles. The second kappa shape index (κ2) is 4.97. The lowest BCUT2D eigenvalue weighted by molar-refractivity contribution is 0.492. The summed E-state index contributed by atoms with van der Waals surface area (Å²) in [4.78, 5) is 0. The van der Waals surface area contributed by atoms with Crippen LogP contribution >= 0.6 is 0 Å². The van der Waals surface area contributed by atoms with E-state index in [2.05, 4.69) is 0 Å². The van der Waals surface area contributed by atoms with E-state index in [4.69, 9.17) is 5.73 Å². The number of rotatable bonds is 2. The van der Waals surface area contributed by atoms with Gasteiger partial charge in [-0.25, -0.2) is 12.8 Å². The van der Waals surface area contributed by atoms with E-state index in [1.165, 1.54) is 6.07 Å². The molecule has 0 amide bonds. The fourth-order valence-corrected chi connectivity index (χ4v) is 4.53. The van der Waals surface area contributed by atoms with Crippen LogP contribution in [0, 0.1) is 12.7 Å². The van der Waals surface area contributed by atoms with Gasteiger partial charge < -0.3 is 5.73 Å². The average Bonchev–Trinajstić information content (AvgIpc) is 2.31. The zero-order valence-electron chi connectivity index (χ0n) is 10.4. The third-order valence-electron chi connectivity index (χ3n) is 3.54. The molecule has 0 spiro atoms. The largest absolute Gasteiger partial charge is 0.323 e. The minimum atomic E-state index is -3.19. The molecule has 2 atom stereocenters. The molecular formula is C13H18FNO2S. The van der Waals surface area contributed by atoms with Gasteiger partial charge in [0.25, 0.3) is 0 Å². The van der Waals surface area contributed by atoms with Crippen LogP contribution in [0.2, 0.25) is 0 Å². The Labute approximate surface area is 107 Å². The first-order chi connectivity index (χ1) is 8.42. The Morgan fingerprint density at radius 1 is 1.39 bits per heavy atom. The van der Waals surface area contributed by atoms with Crippen molar-refractivity contribution in [2.45, 2.75) is 37.5 Å². The molecule has 100 valence electrons. The van der Waals surface area contributed by atoms with Crippen LogP contribution < -0.4 is 5.73 Å². The summed E-state index contributed by atoms with van der Waals surface area (Å²) in [6, 6.07) is 3.88. The van der Waals surface area contributed by atoms with Crippen LogP contribution in [-0.4, -0.2) is 19.4 Å². The van der Waals surface area contributed by atoms with Crippen LogP contribution in [0.5, 0.6) is 0 Å². The van der Waals surface area contributed by atoms with Crippen molar-refractivity contribution in [3.8, 4) is 0 Å². The van der Waals surface area contributed by atoms with E-state index in [9.17, 15) is 12.8 Å². The highest BCUT2D eigenvalue weighted by molar-refractivity contribution is 7.92. The summed E-state index contributed by atoms with van der Waals surface area (Å²) in [6.07, 6.45) is 2.05. The van der Waals surface area contributed by atoms with Crippen molar-refractivity contribution in [2.24, 2.45) is 5.73 Å². The number of sulfone groups is 1. The highest BCUT2D eigenvalue weighted by atomic mass is 32.2. The van der Waals surface area contributed by atoms with Crippen molar-refractivity contribution in [3.05, 3.63) is 35.1 Å². The molecule has 1 heterocycles. The first-order valence-corrected chi connectivity index (χ1v) is 7.86. The van der Waals surface area contributed by atoms with Gasteiger partial charge in [0.2, 0.25) is 0 Å². The van der Waals surface area contributed by atoms with Gasteiger partial charge in [0, 0.05) is 11.6 Å². The fourth-order valence-electron chi connectivity index (χ4n) is 2.50. The van der Waals surface area contributed by atoms with Gasteiger partial charge in [-0.1, -0.05) is 24.1 Å². The Morgan fingerprint density at radius 2 is 2.11 bits per heavy atom. The molecule has 0 bridgehead atoms. The van der Waals surface area contributed by atoms with E-state index in [1.54, 1.807) is 12.1 Å². The quantitative estimate of drug-likeness (QED) is 0.896. The Kier molecular flexibility index (Phi) is 3.73. The van der Waals surface area contributed by atoms with Gasteiger partial charge in [-0.05, 0) is 25.8 Å². The van der Waals surface area contributed by atoms with Crippen molar-refractivity contribution in [2.75, 3.05) is 5.75 Å². The number of nitrogens with two attached hydrogens (primary N) is 1. The smallest absolute Gasteiger partial charge is 0.155 e. The molecule has 2 unspecified atom stereocenters. The predicted molar refractivity (Wildman–Crippen MR) is 69.5 cm³/mol. The topological polar surface area (TPSA) is 60.2 Å². The molecular weight excluding hydrogens is 253 g/mol. The van der Waals surface area contributed by atoms with Crippen molar-refractivity contribution < 1.29 is 12.8 Å². The van der Waals surface area contributed by atoms with Gasteiger partial charge in [0.15, 0.2) is 9.84 Å². The Hall–Kier alpha value is -0.940. The molecule has 1 fully saturated rings. The molecule has 3 nitrogen and oxygen atoms in total. The minimum Gasteiger partial charge on any atom is -0.323 e. The van der Waals surface area contributed by atoms with Crippen LogP contribution in [0.3, 0.4) is 0 Å². The van der Waals surface area contributed by atoms with Gasteiger partial charge in [-0.15, -0.1) is 0 Å². The van der Waals surface area contributed by atoms with Gasteiger partial charge in [0.1, 0.15) is 5.82 Å². The lowest BCUT2D eigenvalue weighted by Crippen LogP contribution is -2.38. The molecule has 1 aliphatic rings. The van der Waals surface area contributed by atoms with Crippen LogP contribution in [0.4, 0.5) is 4.39 Å². The molecule has 5 heteroatoms. The zero-order valence-corrected chi connectivity index (χ0v) is 11.2. The van der Waals surface area contributed by atoms with E-state index in [-0.39, 0.29) is 5.75 Å². The van der Waals surface area contributed by atoms with E-state index in [0.29, 0.717) is 18.4 Å². The van der Waals surface area contributed by atoms with Crippen molar-refractivity contribution in [1.82, 2.24) is 0 Å². The summed E-state index contributed by atoms with van der Waals surface area (Å²) in [5.41, 5.74) is 7.19. The van der Waals surface area contributed by atoms with Crippen LogP contribution in [0.25, 0.3) is 0 Å². The first kappa shape index (κ1) is 13.5. The molecule has 1 aromatic rings.